The van der Waals surface area contributed by atoms with Crippen molar-refractivity contribution in [1.82, 2.24) is 21.3 Å². The van der Waals surface area contributed by atoms with Crippen LogP contribution in [0.15, 0.2) is 24.3 Å². The summed E-state index contributed by atoms with van der Waals surface area (Å²) in [6, 6.07) is 5.32. The number of nitrogens with one attached hydrogen (secondary N) is 5. The second-order valence-corrected chi connectivity index (χ2v) is 14.1. The van der Waals surface area contributed by atoms with E-state index in [1.807, 2.05) is 13.8 Å². The van der Waals surface area contributed by atoms with E-state index >= 15 is 0 Å². The highest BCUT2D eigenvalue weighted by Crippen LogP contribution is 2.24. The van der Waals surface area contributed by atoms with Crippen LogP contribution in [0.25, 0.3) is 0 Å². The van der Waals surface area contributed by atoms with Crippen molar-refractivity contribution in [3.63, 3.8) is 0 Å². The average Bonchev–Trinajstić information content (AvgIpc) is 2.93. The lowest BCUT2D eigenvalue weighted by Gasteiger charge is -2.28. The van der Waals surface area contributed by atoms with Crippen molar-refractivity contribution in [2.24, 2.45) is 23.0 Å². The Bertz CT molecular complexity index is 1060. The molecule has 258 valence electrons. The Balaban J connectivity index is 2.69. The van der Waals surface area contributed by atoms with Crippen LogP contribution in [0.4, 0.5) is 15.3 Å². The summed E-state index contributed by atoms with van der Waals surface area (Å²) in [5.41, 5.74) is 6.68. The lowest BCUT2D eigenvalue weighted by molar-refractivity contribution is -0.128. The Kier molecular flexibility index (Phi) is 19.2. The van der Waals surface area contributed by atoms with Gasteiger partial charge in [-0.1, -0.05) is 67.0 Å². The Morgan fingerprint density at radius 3 is 2.04 bits per heavy atom. The molecule has 3 atom stereocenters. The number of benzene rings is 1. The lowest BCUT2D eigenvalue weighted by atomic mass is 9.85. The highest BCUT2D eigenvalue weighted by Gasteiger charge is 2.27. The predicted molar refractivity (Wildman–Crippen MR) is 186 cm³/mol. The molecule has 0 saturated carbocycles. The topological polar surface area (TPSA) is 164 Å². The van der Waals surface area contributed by atoms with Crippen molar-refractivity contribution in [3.05, 3.63) is 29.8 Å². The molecule has 0 aliphatic heterocycles. The second-order valence-electron chi connectivity index (χ2n) is 14.1. The number of hydrogen-bond donors (Lipinski definition) is 6. The van der Waals surface area contributed by atoms with Crippen molar-refractivity contribution in [3.8, 4) is 0 Å². The van der Waals surface area contributed by atoms with Gasteiger partial charge in [0.15, 0.2) is 0 Å². The Hall–Kier alpha value is -3.12. The van der Waals surface area contributed by atoms with E-state index in [1.54, 1.807) is 24.3 Å². The zero-order valence-electron chi connectivity index (χ0n) is 29.2. The van der Waals surface area contributed by atoms with Crippen molar-refractivity contribution < 1.29 is 23.9 Å². The third kappa shape index (κ3) is 19.4. The van der Waals surface area contributed by atoms with E-state index in [4.69, 9.17) is 18.3 Å². The maximum Gasteiger partial charge on any atom is 0.312 e. The molecule has 0 fully saturated rings. The van der Waals surface area contributed by atoms with Gasteiger partial charge < -0.3 is 37.1 Å². The molecular weight excluding hydrogens is 583 g/mol. The fourth-order valence-electron chi connectivity index (χ4n) is 5.28. The smallest absolute Gasteiger partial charge is 0.312 e. The molecule has 11 nitrogen and oxygen atoms in total. The van der Waals surface area contributed by atoms with Crippen molar-refractivity contribution in [2.45, 2.75) is 118 Å². The van der Waals surface area contributed by atoms with Gasteiger partial charge in [0, 0.05) is 18.3 Å². The molecule has 1 aromatic rings. The zero-order chi connectivity index (χ0) is 34.7. The van der Waals surface area contributed by atoms with Crippen LogP contribution < -0.4 is 32.3 Å². The second kappa shape index (κ2) is 21.6. The summed E-state index contributed by atoms with van der Waals surface area (Å²) in [4.78, 5) is 48.6. The molecule has 4 amide bonds. The van der Waals surface area contributed by atoms with Gasteiger partial charge in [-0.3, -0.25) is 14.4 Å². The number of carbonyl (C=O) groups is 4. The number of hydrogen-bond acceptors (Lipinski definition) is 7. The van der Waals surface area contributed by atoms with Crippen LogP contribution in [-0.2, 0) is 20.9 Å². The summed E-state index contributed by atoms with van der Waals surface area (Å²) in [7, 11) is 5.01. The molecule has 0 aliphatic carbocycles. The molecule has 1 rings (SSSR count). The maximum atomic E-state index is 13.4. The van der Waals surface area contributed by atoms with Gasteiger partial charge in [-0.05, 0) is 86.6 Å². The van der Waals surface area contributed by atoms with Gasteiger partial charge in [-0.2, -0.15) is 0 Å². The van der Waals surface area contributed by atoms with E-state index in [0.717, 1.165) is 32.2 Å². The van der Waals surface area contributed by atoms with Crippen LogP contribution in [-0.4, -0.2) is 69.3 Å². The van der Waals surface area contributed by atoms with Crippen LogP contribution >= 0.6 is 0 Å². The van der Waals surface area contributed by atoms with Gasteiger partial charge >= 0.3 is 6.03 Å². The summed E-state index contributed by atoms with van der Waals surface area (Å²) in [5.74, 6) is -0.844. The molecule has 0 heterocycles. The number of anilines is 1. The van der Waals surface area contributed by atoms with Crippen molar-refractivity contribution >= 4 is 37.2 Å². The highest BCUT2D eigenvalue weighted by atomic mass is 16.5. The molecule has 7 N–H and O–H groups in total. The number of unbranched alkanes of at least 4 members (excludes halogenated alkanes) is 2. The number of primary amides is 1. The quantitative estimate of drug-likeness (QED) is 0.0796. The molecule has 46 heavy (non-hydrogen) atoms. The van der Waals surface area contributed by atoms with E-state index in [0.29, 0.717) is 48.0 Å². The molecule has 0 bridgehead atoms. The molecule has 0 aromatic heterocycles. The average molecular weight is 643 g/mol. The van der Waals surface area contributed by atoms with Crippen LogP contribution in [0.3, 0.4) is 0 Å². The third-order valence-electron chi connectivity index (χ3n) is 7.42. The fourth-order valence-corrected chi connectivity index (χ4v) is 5.28. The highest BCUT2D eigenvalue weighted by molar-refractivity contribution is 6.55. The fraction of sp³-hybridized carbons (Fsp3) is 0.706. The monoisotopic (exact) mass is 642 g/mol. The Morgan fingerprint density at radius 1 is 0.870 bits per heavy atom. The molecule has 0 saturated heterocycles. The molecule has 0 aliphatic rings. The molecular formula is C34H59BN6O5. The number of ether oxygens (including phenoxy) is 1. The number of carbonyl (C=O) groups excluding carboxylic acids is 4. The maximum absolute atomic E-state index is 13.4. The van der Waals surface area contributed by atoms with Crippen molar-refractivity contribution in [2.75, 3.05) is 25.0 Å². The Morgan fingerprint density at radius 2 is 1.50 bits per heavy atom. The minimum atomic E-state index is -0.870. The van der Waals surface area contributed by atoms with Crippen LogP contribution in [0.2, 0.25) is 0 Å². The van der Waals surface area contributed by atoms with E-state index in [1.165, 1.54) is 6.42 Å². The SMILES string of the molecule is [B]C(=O)OCc1ccc(NC(=O)[C@H](CCCNC(N)=O)NC(=O)[C@@H](NCCCCCNC(CC(C)C)CC(C)(C)C)C(C)C)cc1. The summed E-state index contributed by atoms with van der Waals surface area (Å²) in [5, 5.41) is 15.4. The Labute approximate surface area is 278 Å². The summed E-state index contributed by atoms with van der Waals surface area (Å²) < 4.78 is 4.79. The largest absolute Gasteiger partial charge is 0.470 e. The molecule has 0 spiro atoms. The molecule has 1 aromatic carbocycles. The van der Waals surface area contributed by atoms with E-state index in [9.17, 15) is 19.2 Å². The van der Waals surface area contributed by atoms with Gasteiger partial charge in [-0.25, -0.2) is 4.79 Å². The molecule has 1 unspecified atom stereocenters. The minimum absolute atomic E-state index is 0.00580. The summed E-state index contributed by atoms with van der Waals surface area (Å²) in [6.07, 6.45) is 6.11. The first kappa shape index (κ1) is 40.9. The predicted octanol–water partition coefficient (Wildman–Crippen LogP) is 4.59. The summed E-state index contributed by atoms with van der Waals surface area (Å²) in [6.45, 7) is 17.3. The number of nitrogens with two attached hydrogens (primary N) is 1. The number of urea groups is 1. The summed E-state index contributed by atoms with van der Waals surface area (Å²) >= 11 is 0. The van der Waals surface area contributed by atoms with Crippen LogP contribution in [0.5, 0.6) is 0 Å². The minimum Gasteiger partial charge on any atom is -0.470 e. The first-order valence-electron chi connectivity index (χ1n) is 16.7. The normalized spacial score (nSPS) is 13.6. The molecule has 12 heteroatoms. The third-order valence-corrected chi connectivity index (χ3v) is 7.42. The number of rotatable bonds is 22. The van der Waals surface area contributed by atoms with E-state index in [-0.39, 0.29) is 30.9 Å². The van der Waals surface area contributed by atoms with Gasteiger partial charge in [0.1, 0.15) is 12.6 Å². The van der Waals surface area contributed by atoms with Gasteiger partial charge in [0.05, 0.1) is 6.04 Å². The van der Waals surface area contributed by atoms with E-state index < -0.39 is 24.0 Å². The lowest BCUT2D eigenvalue weighted by Crippen LogP contribution is -2.53. The standard InChI is InChI=1S/C34H59BN6O5/c1-23(2)20-27(21-34(5,6)7)37-17-9-8-10-18-38-29(24(3)4)31(43)41-28(12-11-19-39-33(36)45)30(42)40-26-15-13-25(14-16-26)22-46-32(35)44/h13-16,23-24,27-29,37-38H,8-12,17-22H2,1-7H3,(H,40,42)(H,41,43)(H3,36,39,45)/t27?,28-,29-/m0/s1. The zero-order valence-corrected chi connectivity index (χ0v) is 29.2. The van der Waals surface area contributed by atoms with Gasteiger partial charge in [-0.15, -0.1) is 0 Å². The van der Waals surface area contributed by atoms with Gasteiger partial charge in [0.2, 0.25) is 25.5 Å². The first-order chi connectivity index (χ1) is 21.6. The van der Waals surface area contributed by atoms with Crippen LogP contribution in [0, 0.1) is 17.3 Å². The van der Waals surface area contributed by atoms with Crippen molar-refractivity contribution in [1.29, 1.82) is 0 Å². The van der Waals surface area contributed by atoms with Gasteiger partial charge in [0.25, 0.3) is 0 Å². The van der Waals surface area contributed by atoms with E-state index in [2.05, 4.69) is 61.2 Å². The van der Waals surface area contributed by atoms with Crippen LogP contribution in [0.1, 0.15) is 99.0 Å². The molecule has 2 radical (unpaired) electrons. The number of amides is 4. The first-order valence-corrected chi connectivity index (χ1v) is 16.7.